The molecule has 0 unspecified atom stereocenters. The van der Waals surface area contributed by atoms with Gasteiger partial charge in [-0.25, -0.2) is 5.43 Å². The highest BCUT2D eigenvalue weighted by molar-refractivity contribution is 5.95. The Balaban J connectivity index is 2.67. The second-order valence-electron chi connectivity index (χ2n) is 3.00. The number of carbonyl (C=O) groups is 1. The van der Waals surface area contributed by atoms with Crippen molar-refractivity contribution in [1.29, 1.82) is 0 Å². The van der Waals surface area contributed by atoms with E-state index in [4.69, 9.17) is 0 Å². The molecule has 0 aliphatic rings. The van der Waals surface area contributed by atoms with Crippen LogP contribution in [0.15, 0.2) is 35.4 Å². The van der Waals surface area contributed by atoms with Crippen LogP contribution in [0.25, 0.3) is 0 Å². The van der Waals surface area contributed by atoms with Crippen molar-refractivity contribution in [3.05, 3.63) is 35.9 Å². The van der Waals surface area contributed by atoms with Crippen LogP contribution in [0.2, 0.25) is 0 Å². The van der Waals surface area contributed by atoms with E-state index < -0.39 is 17.8 Å². The van der Waals surface area contributed by atoms with Crippen molar-refractivity contribution in [3.8, 4) is 0 Å². The predicted molar refractivity (Wildman–Crippen MR) is 53.1 cm³/mol. The highest BCUT2D eigenvalue weighted by Crippen LogP contribution is 2.16. The Morgan fingerprint density at radius 2 is 1.81 bits per heavy atom. The Morgan fingerprint density at radius 1 is 1.25 bits per heavy atom. The second-order valence-corrected chi connectivity index (χ2v) is 3.00. The molecule has 1 aromatic rings. The summed E-state index contributed by atoms with van der Waals surface area (Å²) >= 11 is 0. The van der Waals surface area contributed by atoms with Gasteiger partial charge in [0.25, 0.3) is 5.91 Å². The van der Waals surface area contributed by atoms with Gasteiger partial charge >= 0.3 is 6.18 Å². The molecule has 6 heteroatoms. The number of hydrogen-bond donors (Lipinski definition) is 1. The Kier molecular flexibility index (Phi) is 3.65. The van der Waals surface area contributed by atoms with E-state index in [1.54, 1.807) is 18.2 Å². The number of carbonyl (C=O) groups excluding carboxylic acids is 1. The van der Waals surface area contributed by atoms with E-state index in [9.17, 15) is 18.0 Å². The molecule has 3 nitrogen and oxygen atoms in total. The Labute approximate surface area is 90.0 Å². The standard InChI is InChI=1S/C10H9F3N2O/c1-7(10(11,12)13)14-15-9(16)8-5-3-2-4-6-8/h2-6H,1H3,(H,15,16). The third-order valence-corrected chi connectivity index (χ3v) is 1.77. The lowest BCUT2D eigenvalue weighted by molar-refractivity contribution is -0.0595. The highest BCUT2D eigenvalue weighted by atomic mass is 19.4. The molecule has 0 heterocycles. The van der Waals surface area contributed by atoms with Gasteiger partial charge in [0, 0.05) is 5.56 Å². The minimum absolute atomic E-state index is 0.251. The van der Waals surface area contributed by atoms with Crippen molar-refractivity contribution in [2.45, 2.75) is 13.1 Å². The van der Waals surface area contributed by atoms with E-state index in [2.05, 4.69) is 5.10 Å². The van der Waals surface area contributed by atoms with Gasteiger partial charge < -0.3 is 0 Å². The summed E-state index contributed by atoms with van der Waals surface area (Å²) in [4.78, 5) is 11.3. The second kappa shape index (κ2) is 4.78. The normalized spacial score (nSPS) is 12.4. The van der Waals surface area contributed by atoms with Gasteiger partial charge in [-0.15, -0.1) is 0 Å². The number of benzene rings is 1. The summed E-state index contributed by atoms with van der Waals surface area (Å²) in [7, 11) is 0. The average Bonchev–Trinajstić information content (AvgIpc) is 2.25. The lowest BCUT2D eigenvalue weighted by Gasteiger charge is -2.05. The molecule has 1 rings (SSSR count). The summed E-state index contributed by atoms with van der Waals surface area (Å²) in [6.07, 6.45) is -4.52. The summed E-state index contributed by atoms with van der Waals surface area (Å²) in [6, 6.07) is 7.87. The summed E-state index contributed by atoms with van der Waals surface area (Å²) < 4.78 is 36.1. The van der Waals surface area contributed by atoms with E-state index >= 15 is 0 Å². The van der Waals surface area contributed by atoms with E-state index in [0.717, 1.165) is 6.92 Å². The molecule has 0 atom stereocenters. The number of amides is 1. The van der Waals surface area contributed by atoms with Crippen LogP contribution in [-0.2, 0) is 0 Å². The summed E-state index contributed by atoms with van der Waals surface area (Å²) in [6.45, 7) is 0.783. The van der Waals surface area contributed by atoms with Crippen LogP contribution in [0.5, 0.6) is 0 Å². The number of hydrazone groups is 1. The van der Waals surface area contributed by atoms with Crippen molar-refractivity contribution in [2.24, 2.45) is 5.10 Å². The number of halogens is 3. The van der Waals surface area contributed by atoms with Crippen LogP contribution in [0.3, 0.4) is 0 Å². The quantitative estimate of drug-likeness (QED) is 0.615. The smallest absolute Gasteiger partial charge is 0.267 e. The maximum atomic E-state index is 12.0. The molecule has 0 saturated heterocycles. The van der Waals surface area contributed by atoms with Crippen molar-refractivity contribution in [1.82, 2.24) is 5.43 Å². The molecule has 1 aromatic carbocycles. The van der Waals surface area contributed by atoms with Crippen molar-refractivity contribution >= 4 is 11.6 Å². The molecule has 0 radical (unpaired) electrons. The van der Waals surface area contributed by atoms with Crippen LogP contribution >= 0.6 is 0 Å². The minimum Gasteiger partial charge on any atom is -0.267 e. The molecular formula is C10H9F3N2O. The molecule has 0 aromatic heterocycles. The SMILES string of the molecule is CC(=NNC(=O)c1ccccc1)C(F)(F)F. The van der Waals surface area contributed by atoms with E-state index in [-0.39, 0.29) is 5.56 Å². The lowest BCUT2D eigenvalue weighted by atomic mass is 10.2. The van der Waals surface area contributed by atoms with Crippen LogP contribution in [0.4, 0.5) is 13.2 Å². The van der Waals surface area contributed by atoms with Crippen LogP contribution in [-0.4, -0.2) is 17.8 Å². The van der Waals surface area contributed by atoms with Crippen LogP contribution < -0.4 is 5.43 Å². The van der Waals surface area contributed by atoms with Gasteiger partial charge in [0.1, 0.15) is 5.71 Å². The average molecular weight is 230 g/mol. The zero-order valence-corrected chi connectivity index (χ0v) is 8.38. The molecule has 0 saturated carbocycles. The first kappa shape index (κ1) is 12.2. The molecule has 0 spiro atoms. The molecule has 0 bridgehead atoms. The maximum Gasteiger partial charge on any atom is 0.430 e. The van der Waals surface area contributed by atoms with Gasteiger partial charge in [0.05, 0.1) is 0 Å². The molecule has 1 N–H and O–H groups in total. The van der Waals surface area contributed by atoms with E-state index in [0.29, 0.717) is 0 Å². The summed E-state index contributed by atoms with van der Waals surface area (Å²) in [5, 5.41) is 2.96. The topological polar surface area (TPSA) is 41.5 Å². The third-order valence-electron chi connectivity index (χ3n) is 1.77. The third kappa shape index (κ3) is 3.38. The van der Waals surface area contributed by atoms with Crippen LogP contribution in [0.1, 0.15) is 17.3 Å². The lowest BCUT2D eigenvalue weighted by Crippen LogP contribution is -2.25. The molecular weight excluding hydrogens is 221 g/mol. The Bertz CT molecular complexity index is 398. The first-order valence-electron chi connectivity index (χ1n) is 4.38. The molecule has 0 fully saturated rings. The Hall–Kier alpha value is -1.85. The number of alkyl halides is 3. The van der Waals surface area contributed by atoms with Crippen molar-refractivity contribution in [2.75, 3.05) is 0 Å². The fraction of sp³-hybridized carbons (Fsp3) is 0.200. The number of nitrogens with zero attached hydrogens (tertiary/aromatic N) is 1. The van der Waals surface area contributed by atoms with Gasteiger partial charge in [-0.3, -0.25) is 4.79 Å². The maximum absolute atomic E-state index is 12.0. The molecule has 86 valence electrons. The Morgan fingerprint density at radius 3 is 2.31 bits per heavy atom. The fourth-order valence-electron chi connectivity index (χ4n) is 0.852. The first-order chi connectivity index (χ1) is 7.41. The summed E-state index contributed by atoms with van der Waals surface area (Å²) in [5.74, 6) is -0.677. The number of rotatable bonds is 2. The number of hydrogen-bond acceptors (Lipinski definition) is 2. The van der Waals surface area contributed by atoms with Gasteiger partial charge in [-0.1, -0.05) is 18.2 Å². The molecule has 1 amide bonds. The number of nitrogens with one attached hydrogen (secondary N) is 1. The molecule has 0 aliphatic carbocycles. The predicted octanol–water partition coefficient (Wildman–Crippen LogP) is 2.35. The van der Waals surface area contributed by atoms with Gasteiger partial charge in [-0.05, 0) is 19.1 Å². The van der Waals surface area contributed by atoms with Crippen LogP contribution in [0, 0.1) is 0 Å². The highest BCUT2D eigenvalue weighted by Gasteiger charge is 2.32. The molecule has 0 aliphatic heterocycles. The fourth-order valence-corrected chi connectivity index (χ4v) is 0.852. The van der Waals surface area contributed by atoms with Gasteiger partial charge in [0.15, 0.2) is 0 Å². The monoisotopic (exact) mass is 230 g/mol. The first-order valence-corrected chi connectivity index (χ1v) is 4.38. The zero-order chi connectivity index (χ0) is 12.2. The molecule has 16 heavy (non-hydrogen) atoms. The zero-order valence-electron chi connectivity index (χ0n) is 8.38. The summed E-state index contributed by atoms with van der Waals surface area (Å²) in [5.41, 5.74) is 0.985. The van der Waals surface area contributed by atoms with Crippen molar-refractivity contribution in [3.63, 3.8) is 0 Å². The van der Waals surface area contributed by atoms with E-state index in [1.165, 1.54) is 12.1 Å². The van der Waals surface area contributed by atoms with E-state index in [1.807, 2.05) is 5.43 Å². The van der Waals surface area contributed by atoms with Gasteiger partial charge in [0.2, 0.25) is 0 Å². The minimum atomic E-state index is -4.52. The van der Waals surface area contributed by atoms with Gasteiger partial charge in [-0.2, -0.15) is 18.3 Å². The largest absolute Gasteiger partial charge is 0.430 e. The van der Waals surface area contributed by atoms with Crippen molar-refractivity contribution < 1.29 is 18.0 Å².